The zero-order valence-electron chi connectivity index (χ0n) is 13.2. The third kappa shape index (κ3) is 3.56. The number of para-hydroxylation sites is 2. The average Bonchev–Trinajstić information content (AvgIpc) is 2.61. The van der Waals surface area contributed by atoms with Gasteiger partial charge in [-0.2, -0.15) is 0 Å². The lowest BCUT2D eigenvalue weighted by atomic mass is 10.2. The van der Waals surface area contributed by atoms with Crippen LogP contribution in [-0.4, -0.2) is 74.1 Å². The Morgan fingerprint density at radius 3 is 2.70 bits per heavy atom. The Hall–Kier alpha value is -2.28. The Bertz CT molecular complexity index is 586. The zero-order chi connectivity index (χ0) is 16.2. The van der Waals surface area contributed by atoms with E-state index < -0.39 is 6.10 Å². The van der Waals surface area contributed by atoms with E-state index >= 15 is 0 Å². The number of piperazine rings is 1. The summed E-state index contributed by atoms with van der Waals surface area (Å²) in [6.45, 7) is 3.15. The van der Waals surface area contributed by atoms with Crippen molar-refractivity contribution in [1.82, 2.24) is 15.1 Å². The van der Waals surface area contributed by atoms with Crippen LogP contribution < -0.4 is 14.8 Å². The fraction of sp³-hybridized carbons (Fsp3) is 0.500. The first-order valence-electron chi connectivity index (χ1n) is 7.77. The molecule has 2 amide bonds. The molecule has 1 aromatic rings. The van der Waals surface area contributed by atoms with E-state index in [1.54, 1.807) is 24.1 Å². The van der Waals surface area contributed by atoms with Crippen molar-refractivity contribution in [1.29, 1.82) is 0 Å². The summed E-state index contributed by atoms with van der Waals surface area (Å²) in [6.07, 6.45) is -0.717. The summed E-state index contributed by atoms with van der Waals surface area (Å²) in [5.41, 5.74) is 0. The van der Waals surface area contributed by atoms with Gasteiger partial charge in [0.15, 0.2) is 11.5 Å². The Labute approximate surface area is 135 Å². The predicted octanol–water partition coefficient (Wildman–Crippen LogP) is -0.283. The quantitative estimate of drug-likeness (QED) is 0.829. The smallest absolute Gasteiger partial charge is 0.267 e. The molecule has 1 fully saturated rings. The number of rotatable bonds is 3. The second-order valence-corrected chi connectivity index (χ2v) is 5.69. The molecule has 1 aromatic carbocycles. The van der Waals surface area contributed by atoms with Crippen molar-refractivity contribution in [2.24, 2.45) is 0 Å². The number of ether oxygens (including phenoxy) is 2. The highest BCUT2D eigenvalue weighted by Gasteiger charge is 2.31. The van der Waals surface area contributed by atoms with Gasteiger partial charge < -0.3 is 24.6 Å². The number of nitrogens with zero attached hydrogens (tertiary/aromatic N) is 2. The second-order valence-electron chi connectivity index (χ2n) is 5.69. The molecule has 7 heteroatoms. The monoisotopic (exact) mass is 319 g/mol. The number of fused-ring (bicyclic) bond motifs is 1. The fourth-order valence-corrected chi connectivity index (χ4v) is 2.68. The minimum atomic E-state index is -0.717. The average molecular weight is 319 g/mol. The Balaban J connectivity index is 1.56. The van der Waals surface area contributed by atoms with Gasteiger partial charge in [-0.05, 0) is 12.1 Å². The molecule has 0 spiro atoms. The topological polar surface area (TPSA) is 71.1 Å². The summed E-state index contributed by atoms with van der Waals surface area (Å²) in [5, 5.41) is 3.20. The van der Waals surface area contributed by atoms with E-state index in [0.717, 1.165) is 13.1 Å². The van der Waals surface area contributed by atoms with E-state index in [2.05, 4.69) is 5.32 Å². The van der Waals surface area contributed by atoms with Gasteiger partial charge in [-0.1, -0.05) is 12.1 Å². The third-order valence-electron chi connectivity index (χ3n) is 4.00. The van der Waals surface area contributed by atoms with Crippen LogP contribution in [-0.2, 0) is 9.59 Å². The summed E-state index contributed by atoms with van der Waals surface area (Å²) in [7, 11) is 1.62. The number of carbonyl (C=O) groups is 2. The standard InChI is InChI=1S/C16H21N3O4/c1-18(10-15(20)19-8-6-17-7-9-19)16(21)14-11-22-12-4-2-3-5-13(12)23-14/h2-5,14,17H,6-11H2,1H3. The molecular weight excluding hydrogens is 298 g/mol. The van der Waals surface area contributed by atoms with E-state index in [1.807, 2.05) is 12.1 Å². The van der Waals surface area contributed by atoms with Gasteiger partial charge in [0.1, 0.15) is 6.61 Å². The molecule has 7 nitrogen and oxygen atoms in total. The highest BCUT2D eigenvalue weighted by Crippen LogP contribution is 2.31. The number of hydrogen-bond acceptors (Lipinski definition) is 5. The highest BCUT2D eigenvalue weighted by atomic mass is 16.6. The van der Waals surface area contributed by atoms with Crippen molar-refractivity contribution in [2.75, 3.05) is 46.4 Å². The van der Waals surface area contributed by atoms with Crippen LogP contribution in [0.4, 0.5) is 0 Å². The summed E-state index contributed by atoms with van der Waals surface area (Å²) < 4.78 is 11.2. The molecule has 0 aromatic heterocycles. The molecule has 2 aliphatic heterocycles. The number of benzene rings is 1. The summed E-state index contributed by atoms with van der Waals surface area (Å²) in [4.78, 5) is 27.9. The molecule has 1 unspecified atom stereocenters. The first kappa shape index (κ1) is 15.6. The predicted molar refractivity (Wildman–Crippen MR) is 83.4 cm³/mol. The van der Waals surface area contributed by atoms with E-state index in [4.69, 9.17) is 9.47 Å². The number of hydrogen-bond donors (Lipinski definition) is 1. The molecule has 0 radical (unpaired) electrons. The maximum atomic E-state index is 12.5. The van der Waals surface area contributed by atoms with Crippen molar-refractivity contribution >= 4 is 11.8 Å². The van der Waals surface area contributed by atoms with Crippen LogP contribution in [0.1, 0.15) is 0 Å². The van der Waals surface area contributed by atoms with Gasteiger partial charge >= 0.3 is 0 Å². The summed E-state index contributed by atoms with van der Waals surface area (Å²) >= 11 is 0. The molecule has 2 aliphatic rings. The van der Waals surface area contributed by atoms with Crippen molar-refractivity contribution in [3.8, 4) is 11.5 Å². The normalized spacial score (nSPS) is 20.0. The zero-order valence-corrected chi connectivity index (χ0v) is 13.2. The molecular formula is C16H21N3O4. The van der Waals surface area contributed by atoms with Crippen LogP contribution in [0.2, 0.25) is 0 Å². The van der Waals surface area contributed by atoms with Gasteiger partial charge in [0, 0.05) is 33.2 Å². The number of nitrogens with one attached hydrogen (secondary N) is 1. The van der Waals surface area contributed by atoms with Gasteiger partial charge in [0.25, 0.3) is 5.91 Å². The van der Waals surface area contributed by atoms with Gasteiger partial charge in [-0.15, -0.1) is 0 Å². The lowest BCUT2D eigenvalue weighted by molar-refractivity contribution is -0.145. The molecule has 0 bridgehead atoms. The van der Waals surface area contributed by atoms with Crippen molar-refractivity contribution in [3.05, 3.63) is 24.3 Å². The maximum absolute atomic E-state index is 12.5. The van der Waals surface area contributed by atoms with Crippen LogP contribution in [0.25, 0.3) is 0 Å². The van der Waals surface area contributed by atoms with Crippen LogP contribution >= 0.6 is 0 Å². The molecule has 23 heavy (non-hydrogen) atoms. The molecule has 0 aliphatic carbocycles. The number of amides is 2. The molecule has 1 atom stereocenters. The SMILES string of the molecule is CN(CC(=O)N1CCNCC1)C(=O)C1COc2ccccc2O1. The van der Waals surface area contributed by atoms with Crippen LogP contribution in [0.3, 0.4) is 0 Å². The Morgan fingerprint density at radius 2 is 1.96 bits per heavy atom. The van der Waals surface area contributed by atoms with Gasteiger partial charge in [-0.3, -0.25) is 9.59 Å². The van der Waals surface area contributed by atoms with E-state index in [1.165, 1.54) is 4.90 Å². The number of carbonyl (C=O) groups excluding carboxylic acids is 2. The number of likely N-dealkylation sites (N-methyl/N-ethyl adjacent to an activating group) is 1. The Morgan fingerprint density at radius 1 is 1.26 bits per heavy atom. The fourth-order valence-electron chi connectivity index (χ4n) is 2.68. The molecule has 3 rings (SSSR count). The molecule has 1 N–H and O–H groups in total. The summed E-state index contributed by atoms with van der Waals surface area (Å²) in [6, 6.07) is 7.24. The Kier molecular flexibility index (Phi) is 4.66. The van der Waals surface area contributed by atoms with E-state index in [0.29, 0.717) is 24.6 Å². The molecule has 1 saturated heterocycles. The van der Waals surface area contributed by atoms with Crippen molar-refractivity contribution < 1.29 is 19.1 Å². The second kappa shape index (κ2) is 6.87. The first-order chi connectivity index (χ1) is 11.1. The molecule has 124 valence electrons. The third-order valence-corrected chi connectivity index (χ3v) is 4.00. The largest absolute Gasteiger partial charge is 0.485 e. The van der Waals surface area contributed by atoms with E-state index in [9.17, 15) is 9.59 Å². The minimum absolute atomic E-state index is 0.0422. The van der Waals surface area contributed by atoms with Crippen molar-refractivity contribution in [2.45, 2.75) is 6.10 Å². The van der Waals surface area contributed by atoms with Crippen LogP contribution in [0.15, 0.2) is 24.3 Å². The highest BCUT2D eigenvalue weighted by molar-refractivity contribution is 5.87. The molecule has 0 saturated carbocycles. The van der Waals surface area contributed by atoms with Gasteiger partial charge in [0.2, 0.25) is 12.0 Å². The van der Waals surface area contributed by atoms with Gasteiger partial charge in [-0.25, -0.2) is 0 Å². The first-order valence-corrected chi connectivity index (χ1v) is 7.77. The van der Waals surface area contributed by atoms with Gasteiger partial charge in [0.05, 0.1) is 6.54 Å². The van der Waals surface area contributed by atoms with Crippen molar-refractivity contribution in [3.63, 3.8) is 0 Å². The van der Waals surface area contributed by atoms with Crippen LogP contribution in [0.5, 0.6) is 11.5 Å². The maximum Gasteiger partial charge on any atom is 0.267 e. The lowest BCUT2D eigenvalue weighted by Gasteiger charge is -2.31. The van der Waals surface area contributed by atoms with Crippen LogP contribution in [0, 0.1) is 0 Å². The minimum Gasteiger partial charge on any atom is -0.485 e. The summed E-state index contributed by atoms with van der Waals surface area (Å²) in [5.74, 6) is 0.900. The molecule has 2 heterocycles. The van der Waals surface area contributed by atoms with E-state index in [-0.39, 0.29) is 25.0 Å². The lowest BCUT2D eigenvalue weighted by Crippen LogP contribution is -2.52.